The molecule has 1 heterocycles. The molecule has 1 aromatic heterocycles. The number of nitrogens with zero attached hydrogens (tertiary/aromatic N) is 2. The zero-order chi connectivity index (χ0) is 15.5. The molecule has 0 spiro atoms. The van der Waals surface area contributed by atoms with Gasteiger partial charge in [0.2, 0.25) is 11.7 Å². The summed E-state index contributed by atoms with van der Waals surface area (Å²) in [5, 5.41) is 13.8. The van der Waals surface area contributed by atoms with Crippen LogP contribution >= 0.6 is 0 Å². The second-order valence-corrected chi connectivity index (χ2v) is 6.07. The Morgan fingerprint density at radius 1 is 1.24 bits per heavy atom. The van der Waals surface area contributed by atoms with Crippen molar-refractivity contribution in [3.63, 3.8) is 0 Å². The Kier molecular flexibility index (Phi) is 4.63. The highest BCUT2D eigenvalue weighted by Crippen LogP contribution is 2.22. The first kappa shape index (κ1) is 15.5. The van der Waals surface area contributed by atoms with E-state index in [1.165, 1.54) is 0 Å². The molecule has 0 radical (unpaired) electrons. The van der Waals surface area contributed by atoms with Crippen molar-refractivity contribution >= 4 is 0 Å². The van der Waals surface area contributed by atoms with Gasteiger partial charge in [-0.15, -0.1) is 0 Å². The molecule has 21 heavy (non-hydrogen) atoms. The standard InChI is InChI=1S/C16H22N2O3/c1-11(2)9-15-17-14(18-21-15)10-20-13-7-5-12(6-8-13)16(3,4)19/h5-8,11,19H,9-10H2,1-4H3. The normalized spacial score (nSPS) is 11.9. The van der Waals surface area contributed by atoms with Gasteiger partial charge in [-0.25, -0.2) is 0 Å². The topological polar surface area (TPSA) is 68.4 Å². The SMILES string of the molecule is CC(C)Cc1nc(COc2ccc(C(C)(C)O)cc2)no1. The maximum Gasteiger partial charge on any atom is 0.227 e. The van der Waals surface area contributed by atoms with Crippen molar-refractivity contribution in [3.05, 3.63) is 41.5 Å². The van der Waals surface area contributed by atoms with Gasteiger partial charge < -0.3 is 14.4 Å². The highest BCUT2D eigenvalue weighted by atomic mass is 16.5. The van der Waals surface area contributed by atoms with E-state index in [-0.39, 0.29) is 6.61 Å². The van der Waals surface area contributed by atoms with Crippen LogP contribution in [0.4, 0.5) is 0 Å². The van der Waals surface area contributed by atoms with Crippen molar-refractivity contribution in [2.75, 3.05) is 0 Å². The smallest absolute Gasteiger partial charge is 0.227 e. The monoisotopic (exact) mass is 290 g/mol. The van der Waals surface area contributed by atoms with Gasteiger partial charge in [0, 0.05) is 6.42 Å². The lowest BCUT2D eigenvalue weighted by Crippen LogP contribution is -2.14. The summed E-state index contributed by atoms with van der Waals surface area (Å²) in [7, 11) is 0. The first-order valence-electron chi connectivity index (χ1n) is 7.12. The molecule has 0 fully saturated rings. The predicted molar refractivity (Wildman–Crippen MR) is 78.9 cm³/mol. The number of ether oxygens (including phenoxy) is 1. The maximum absolute atomic E-state index is 9.89. The number of rotatable bonds is 6. The zero-order valence-corrected chi connectivity index (χ0v) is 13.0. The number of aromatic nitrogens is 2. The largest absolute Gasteiger partial charge is 0.485 e. The molecular weight excluding hydrogens is 268 g/mol. The molecule has 0 aliphatic carbocycles. The minimum atomic E-state index is -0.849. The fourth-order valence-corrected chi connectivity index (χ4v) is 1.89. The van der Waals surface area contributed by atoms with Crippen molar-refractivity contribution in [2.45, 2.75) is 46.3 Å². The molecule has 0 aliphatic rings. The van der Waals surface area contributed by atoms with Crippen LogP contribution in [0.2, 0.25) is 0 Å². The van der Waals surface area contributed by atoms with Gasteiger partial charge in [-0.05, 0) is 37.5 Å². The van der Waals surface area contributed by atoms with E-state index < -0.39 is 5.60 Å². The molecule has 1 N–H and O–H groups in total. The number of hydrogen-bond donors (Lipinski definition) is 1. The molecular formula is C16H22N2O3. The number of hydrogen-bond acceptors (Lipinski definition) is 5. The third-order valence-corrected chi connectivity index (χ3v) is 3.02. The summed E-state index contributed by atoms with van der Waals surface area (Å²) in [6.07, 6.45) is 0.771. The average Bonchev–Trinajstić information content (AvgIpc) is 2.82. The summed E-state index contributed by atoms with van der Waals surface area (Å²) >= 11 is 0. The molecule has 0 bridgehead atoms. The molecule has 0 unspecified atom stereocenters. The Morgan fingerprint density at radius 2 is 1.90 bits per heavy atom. The van der Waals surface area contributed by atoms with Crippen LogP contribution in [0, 0.1) is 5.92 Å². The van der Waals surface area contributed by atoms with Crippen LogP contribution in [-0.2, 0) is 18.6 Å². The van der Waals surface area contributed by atoms with E-state index >= 15 is 0 Å². The van der Waals surface area contributed by atoms with Gasteiger partial charge in [0.25, 0.3) is 0 Å². The molecule has 5 heteroatoms. The zero-order valence-electron chi connectivity index (χ0n) is 13.0. The van der Waals surface area contributed by atoms with Crippen LogP contribution in [0.3, 0.4) is 0 Å². The van der Waals surface area contributed by atoms with Crippen molar-refractivity contribution in [3.8, 4) is 5.75 Å². The average molecular weight is 290 g/mol. The highest BCUT2D eigenvalue weighted by Gasteiger charge is 2.15. The third-order valence-electron chi connectivity index (χ3n) is 3.02. The minimum absolute atomic E-state index is 0.267. The van der Waals surface area contributed by atoms with E-state index in [0.717, 1.165) is 12.0 Å². The summed E-state index contributed by atoms with van der Waals surface area (Å²) in [4.78, 5) is 4.28. The summed E-state index contributed by atoms with van der Waals surface area (Å²) in [6.45, 7) is 7.97. The van der Waals surface area contributed by atoms with Crippen LogP contribution in [0.25, 0.3) is 0 Å². The Hall–Kier alpha value is -1.88. The summed E-state index contributed by atoms with van der Waals surface area (Å²) in [6, 6.07) is 7.33. The molecule has 0 saturated heterocycles. The molecule has 2 aromatic rings. The summed E-state index contributed by atoms with van der Waals surface area (Å²) in [5.74, 6) is 2.37. The lowest BCUT2D eigenvalue weighted by molar-refractivity contribution is 0.0785. The van der Waals surface area contributed by atoms with Gasteiger partial charge in [-0.2, -0.15) is 4.98 Å². The Bertz CT molecular complexity index is 568. The molecule has 2 rings (SSSR count). The van der Waals surface area contributed by atoms with Gasteiger partial charge in [0.15, 0.2) is 6.61 Å². The lowest BCUT2D eigenvalue weighted by atomic mass is 9.99. The Morgan fingerprint density at radius 3 is 2.48 bits per heavy atom. The van der Waals surface area contributed by atoms with E-state index in [0.29, 0.717) is 23.4 Å². The lowest BCUT2D eigenvalue weighted by Gasteiger charge is -2.17. The van der Waals surface area contributed by atoms with Gasteiger partial charge in [0.1, 0.15) is 5.75 Å². The van der Waals surface area contributed by atoms with Gasteiger partial charge in [-0.1, -0.05) is 31.1 Å². The van der Waals surface area contributed by atoms with E-state index in [4.69, 9.17) is 9.26 Å². The maximum atomic E-state index is 9.89. The van der Waals surface area contributed by atoms with Crippen molar-refractivity contribution in [2.24, 2.45) is 5.92 Å². The van der Waals surface area contributed by atoms with Crippen LogP contribution in [0.15, 0.2) is 28.8 Å². The van der Waals surface area contributed by atoms with E-state index in [2.05, 4.69) is 24.0 Å². The second-order valence-electron chi connectivity index (χ2n) is 6.07. The van der Waals surface area contributed by atoms with Crippen LogP contribution < -0.4 is 4.74 Å². The molecule has 0 saturated carbocycles. The predicted octanol–water partition coefficient (Wildman–Crippen LogP) is 3.07. The summed E-state index contributed by atoms with van der Waals surface area (Å²) < 4.78 is 10.8. The highest BCUT2D eigenvalue weighted by molar-refractivity contribution is 5.30. The Balaban J connectivity index is 1.92. The van der Waals surface area contributed by atoms with Gasteiger partial charge in [-0.3, -0.25) is 0 Å². The number of benzene rings is 1. The van der Waals surface area contributed by atoms with Gasteiger partial charge in [0.05, 0.1) is 5.60 Å². The second kappa shape index (κ2) is 6.26. The van der Waals surface area contributed by atoms with E-state index in [1.807, 2.05) is 24.3 Å². The fraction of sp³-hybridized carbons (Fsp3) is 0.500. The van der Waals surface area contributed by atoms with E-state index in [1.54, 1.807) is 13.8 Å². The van der Waals surface area contributed by atoms with Gasteiger partial charge >= 0.3 is 0 Å². The van der Waals surface area contributed by atoms with Crippen LogP contribution in [0.1, 0.15) is 45.0 Å². The van der Waals surface area contributed by atoms with Crippen molar-refractivity contribution < 1.29 is 14.4 Å². The molecule has 0 atom stereocenters. The van der Waals surface area contributed by atoms with Crippen molar-refractivity contribution in [1.29, 1.82) is 0 Å². The quantitative estimate of drug-likeness (QED) is 0.885. The first-order chi connectivity index (χ1) is 9.84. The molecule has 1 aromatic carbocycles. The molecule has 0 aliphatic heterocycles. The van der Waals surface area contributed by atoms with Crippen molar-refractivity contribution in [1.82, 2.24) is 10.1 Å². The number of aliphatic hydroxyl groups is 1. The van der Waals surface area contributed by atoms with E-state index in [9.17, 15) is 5.11 Å². The molecule has 5 nitrogen and oxygen atoms in total. The van der Waals surface area contributed by atoms with Crippen LogP contribution in [0.5, 0.6) is 5.75 Å². The third kappa shape index (κ3) is 4.56. The fourth-order valence-electron chi connectivity index (χ4n) is 1.89. The molecule has 114 valence electrons. The first-order valence-corrected chi connectivity index (χ1v) is 7.12. The molecule has 0 amide bonds. The Labute approximate surface area is 125 Å². The van der Waals surface area contributed by atoms with Crippen LogP contribution in [-0.4, -0.2) is 15.2 Å². The minimum Gasteiger partial charge on any atom is -0.485 e. The summed E-state index contributed by atoms with van der Waals surface area (Å²) in [5.41, 5.74) is -0.00793.